The number of amides is 2. The molecule has 0 spiro atoms. The van der Waals surface area contributed by atoms with E-state index in [1.807, 2.05) is 50.2 Å². The summed E-state index contributed by atoms with van der Waals surface area (Å²) in [6, 6.07) is 13.8. The molecule has 0 bridgehead atoms. The number of benzene rings is 2. The second-order valence-corrected chi connectivity index (χ2v) is 7.98. The molecule has 2 amide bonds. The van der Waals surface area contributed by atoms with Crippen LogP contribution in [0.5, 0.6) is 5.75 Å². The molecule has 0 radical (unpaired) electrons. The molecule has 5 heteroatoms. The van der Waals surface area contributed by atoms with Crippen LogP contribution in [-0.4, -0.2) is 18.9 Å². The van der Waals surface area contributed by atoms with Crippen LogP contribution >= 0.6 is 0 Å². The molecule has 154 valence electrons. The van der Waals surface area contributed by atoms with Gasteiger partial charge in [-0.3, -0.25) is 9.59 Å². The normalized spacial score (nSPS) is 18.7. The zero-order valence-electron chi connectivity index (χ0n) is 17.5. The lowest BCUT2D eigenvalue weighted by Gasteiger charge is -2.27. The summed E-state index contributed by atoms with van der Waals surface area (Å²) in [5.74, 6) is 0.901. The maximum atomic E-state index is 12.6. The van der Waals surface area contributed by atoms with Crippen LogP contribution < -0.4 is 15.4 Å². The second kappa shape index (κ2) is 9.59. The van der Waals surface area contributed by atoms with Gasteiger partial charge in [0.25, 0.3) is 0 Å². The van der Waals surface area contributed by atoms with E-state index >= 15 is 0 Å². The molecule has 2 aromatic rings. The molecule has 0 aromatic heterocycles. The quantitative estimate of drug-likeness (QED) is 0.764. The van der Waals surface area contributed by atoms with Gasteiger partial charge in [0.1, 0.15) is 5.75 Å². The summed E-state index contributed by atoms with van der Waals surface area (Å²) in [5.41, 5.74) is 4.17. The van der Waals surface area contributed by atoms with Crippen LogP contribution in [0.1, 0.15) is 42.4 Å². The van der Waals surface area contributed by atoms with Crippen molar-refractivity contribution in [3.05, 3.63) is 59.2 Å². The molecule has 0 atom stereocenters. The van der Waals surface area contributed by atoms with Crippen molar-refractivity contribution >= 4 is 17.5 Å². The van der Waals surface area contributed by atoms with Gasteiger partial charge in [0.15, 0.2) is 0 Å². The van der Waals surface area contributed by atoms with Crippen molar-refractivity contribution in [3.8, 4) is 5.75 Å². The van der Waals surface area contributed by atoms with Gasteiger partial charge in [0.2, 0.25) is 11.8 Å². The number of methoxy groups -OCH3 is 1. The van der Waals surface area contributed by atoms with Crippen molar-refractivity contribution in [2.24, 2.45) is 11.8 Å². The molecule has 2 aromatic carbocycles. The summed E-state index contributed by atoms with van der Waals surface area (Å²) in [4.78, 5) is 25.1. The molecule has 0 saturated heterocycles. The van der Waals surface area contributed by atoms with Gasteiger partial charge in [-0.25, -0.2) is 0 Å². The minimum atomic E-state index is -0.0264. The summed E-state index contributed by atoms with van der Waals surface area (Å²) >= 11 is 0. The van der Waals surface area contributed by atoms with Gasteiger partial charge in [-0.1, -0.05) is 18.2 Å². The van der Waals surface area contributed by atoms with Gasteiger partial charge in [0, 0.05) is 24.1 Å². The number of anilines is 1. The minimum absolute atomic E-state index is 0.0153. The molecular weight excluding hydrogens is 364 g/mol. The average molecular weight is 395 g/mol. The molecular formula is C24H30N2O3. The maximum absolute atomic E-state index is 12.6. The van der Waals surface area contributed by atoms with Crippen molar-refractivity contribution in [2.75, 3.05) is 12.4 Å². The summed E-state index contributed by atoms with van der Waals surface area (Å²) in [6.07, 6.45) is 2.99. The summed E-state index contributed by atoms with van der Waals surface area (Å²) < 4.78 is 5.15. The number of carbonyl (C=O) groups excluding carboxylic acids is 2. The molecule has 1 aliphatic rings. The van der Waals surface area contributed by atoms with E-state index in [4.69, 9.17) is 4.74 Å². The fourth-order valence-electron chi connectivity index (χ4n) is 3.99. The first-order valence-electron chi connectivity index (χ1n) is 10.2. The maximum Gasteiger partial charge on any atom is 0.227 e. The number of hydrogen-bond acceptors (Lipinski definition) is 3. The van der Waals surface area contributed by atoms with Gasteiger partial charge in [-0.05, 0) is 80.5 Å². The van der Waals surface area contributed by atoms with Gasteiger partial charge >= 0.3 is 0 Å². The van der Waals surface area contributed by atoms with Gasteiger partial charge in [-0.2, -0.15) is 0 Å². The minimum Gasteiger partial charge on any atom is -0.497 e. The third-order valence-electron chi connectivity index (χ3n) is 5.58. The third kappa shape index (κ3) is 5.83. The van der Waals surface area contributed by atoms with Gasteiger partial charge < -0.3 is 15.4 Å². The lowest BCUT2D eigenvalue weighted by Crippen LogP contribution is -2.35. The smallest absolute Gasteiger partial charge is 0.227 e. The van der Waals surface area contributed by atoms with Crippen LogP contribution in [0.3, 0.4) is 0 Å². The highest BCUT2D eigenvalue weighted by Gasteiger charge is 2.29. The Balaban J connectivity index is 1.45. The van der Waals surface area contributed by atoms with E-state index in [0.717, 1.165) is 53.8 Å². The van der Waals surface area contributed by atoms with Crippen LogP contribution in [0.2, 0.25) is 0 Å². The Hall–Kier alpha value is -2.82. The fraction of sp³-hybridized carbons (Fsp3) is 0.417. The van der Waals surface area contributed by atoms with E-state index in [1.54, 1.807) is 7.11 Å². The predicted molar refractivity (Wildman–Crippen MR) is 115 cm³/mol. The highest BCUT2D eigenvalue weighted by Crippen LogP contribution is 2.30. The molecule has 0 aliphatic heterocycles. The largest absolute Gasteiger partial charge is 0.497 e. The van der Waals surface area contributed by atoms with E-state index in [1.165, 1.54) is 0 Å². The van der Waals surface area contributed by atoms with Gasteiger partial charge in [0.05, 0.1) is 7.11 Å². The van der Waals surface area contributed by atoms with Crippen LogP contribution in [-0.2, 0) is 16.1 Å². The average Bonchev–Trinajstić information content (AvgIpc) is 2.71. The van der Waals surface area contributed by atoms with E-state index in [-0.39, 0.29) is 23.7 Å². The highest BCUT2D eigenvalue weighted by atomic mass is 16.5. The molecule has 2 N–H and O–H groups in total. The van der Waals surface area contributed by atoms with E-state index in [2.05, 4.69) is 16.7 Å². The first-order valence-corrected chi connectivity index (χ1v) is 10.2. The zero-order valence-corrected chi connectivity index (χ0v) is 17.5. The zero-order chi connectivity index (χ0) is 20.8. The molecule has 29 heavy (non-hydrogen) atoms. The third-order valence-corrected chi connectivity index (χ3v) is 5.58. The Morgan fingerprint density at radius 3 is 2.00 bits per heavy atom. The monoisotopic (exact) mass is 394 g/mol. The van der Waals surface area contributed by atoms with Crippen molar-refractivity contribution in [1.29, 1.82) is 0 Å². The molecule has 1 fully saturated rings. The number of aryl methyl sites for hydroxylation is 2. The Labute approximate surface area is 172 Å². The Morgan fingerprint density at radius 2 is 1.45 bits per heavy atom. The van der Waals surface area contributed by atoms with Crippen molar-refractivity contribution < 1.29 is 14.3 Å². The SMILES string of the molecule is COc1ccc(CNC(=O)C2CCC(C(=O)Nc3cc(C)cc(C)c3)CC2)cc1. The Bertz CT molecular complexity index is 833. The van der Waals surface area contributed by atoms with Crippen LogP contribution in [0.15, 0.2) is 42.5 Å². The number of rotatable bonds is 6. The van der Waals surface area contributed by atoms with Crippen molar-refractivity contribution in [1.82, 2.24) is 5.32 Å². The van der Waals surface area contributed by atoms with Crippen molar-refractivity contribution in [3.63, 3.8) is 0 Å². The lowest BCUT2D eigenvalue weighted by molar-refractivity contribution is -0.128. The highest BCUT2D eigenvalue weighted by molar-refractivity contribution is 5.93. The first kappa shape index (κ1) is 20.9. The molecule has 3 rings (SSSR count). The van der Waals surface area contributed by atoms with Crippen LogP contribution in [0, 0.1) is 25.7 Å². The second-order valence-electron chi connectivity index (χ2n) is 7.98. The Morgan fingerprint density at radius 1 is 0.897 bits per heavy atom. The van der Waals surface area contributed by atoms with E-state index < -0.39 is 0 Å². The standard InChI is InChI=1S/C24H30N2O3/c1-16-12-17(2)14-21(13-16)26-24(28)20-8-6-19(7-9-20)23(27)25-15-18-4-10-22(29-3)11-5-18/h4-5,10-14,19-20H,6-9,15H2,1-3H3,(H,25,27)(H,26,28). The number of hydrogen-bond donors (Lipinski definition) is 2. The molecule has 5 nitrogen and oxygen atoms in total. The lowest BCUT2D eigenvalue weighted by atomic mass is 9.81. The summed E-state index contributed by atoms with van der Waals surface area (Å²) in [5, 5.41) is 6.07. The molecule has 1 aliphatic carbocycles. The molecule has 0 heterocycles. The Kier molecular flexibility index (Phi) is 6.91. The predicted octanol–water partition coefficient (Wildman–Crippen LogP) is 4.37. The van der Waals surface area contributed by atoms with Gasteiger partial charge in [-0.15, -0.1) is 0 Å². The van der Waals surface area contributed by atoms with Crippen LogP contribution in [0.25, 0.3) is 0 Å². The number of ether oxygens (including phenoxy) is 1. The van der Waals surface area contributed by atoms with Crippen LogP contribution in [0.4, 0.5) is 5.69 Å². The summed E-state index contributed by atoms with van der Waals surface area (Å²) in [7, 11) is 1.63. The number of nitrogens with one attached hydrogen (secondary N) is 2. The first-order chi connectivity index (χ1) is 13.9. The van der Waals surface area contributed by atoms with Crippen molar-refractivity contribution in [2.45, 2.75) is 46.1 Å². The molecule has 1 saturated carbocycles. The number of carbonyl (C=O) groups is 2. The fourth-order valence-corrected chi connectivity index (χ4v) is 3.99. The summed E-state index contributed by atoms with van der Waals surface area (Å²) in [6.45, 7) is 4.56. The molecule has 0 unspecified atom stereocenters. The van der Waals surface area contributed by atoms with E-state index in [0.29, 0.717) is 6.54 Å². The topological polar surface area (TPSA) is 67.4 Å². The van der Waals surface area contributed by atoms with E-state index in [9.17, 15) is 9.59 Å².